The maximum absolute atomic E-state index is 11.9. The molecule has 1 saturated carbocycles. The number of methoxy groups -OCH3 is 1. The van der Waals surface area contributed by atoms with E-state index < -0.39 is 0 Å². The van der Waals surface area contributed by atoms with Crippen LogP contribution in [0.1, 0.15) is 25.7 Å². The third-order valence-corrected chi connectivity index (χ3v) is 4.24. The van der Waals surface area contributed by atoms with Crippen molar-refractivity contribution in [2.75, 3.05) is 18.6 Å². The quantitative estimate of drug-likeness (QED) is 0.802. The van der Waals surface area contributed by atoms with Crippen molar-refractivity contribution in [1.82, 2.24) is 0 Å². The van der Waals surface area contributed by atoms with E-state index in [9.17, 15) is 4.79 Å². The van der Waals surface area contributed by atoms with E-state index in [4.69, 9.17) is 4.74 Å². The van der Waals surface area contributed by atoms with E-state index in [1.165, 1.54) is 12.1 Å². The molecule has 2 aliphatic heterocycles. The average Bonchev–Trinajstić information content (AvgIpc) is 2.71. The van der Waals surface area contributed by atoms with Crippen LogP contribution in [-0.4, -0.2) is 25.5 Å². The van der Waals surface area contributed by atoms with Crippen molar-refractivity contribution in [2.24, 2.45) is 5.92 Å². The Hall–Kier alpha value is -1.51. The molecule has 0 spiro atoms. The van der Waals surface area contributed by atoms with Crippen LogP contribution < -0.4 is 9.64 Å². The van der Waals surface area contributed by atoms with Gasteiger partial charge in [0, 0.05) is 30.6 Å². The van der Waals surface area contributed by atoms with Crippen LogP contribution in [0.4, 0.5) is 5.69 Å². The van der Waals surface area contributed by atoms with E-state index in [1.807, 2.05) is 12.1 Å². The molecule has 1 aromatic carbocycles. The van der Waals surface area contributed by atoms with E-state index in [0.717, 1.165) is 31.6 Å². The summed E-state index contributed by atoms with van der Waals surface area (Å²) in [7, 11) is 1.68. The minimum atomic E-state index is 0.255. The largest absolute Gasteiger partial charge is 0.497 e. The summed E-state index contributed by atoms with van der Waals surface area (Å²) in [6.45, 7) is 0.899. The minimum Gasteiger partial charge on any atom is -0.497 e. The number of Topliss-reactive ketones (excluding diaryl/α,β-unsaturated/α-hetero) is 1. The number of benzene rings is 1. The summed E-state index contributed by atoms with van der Waals surface area (Å²) < 4.78 is 5.19. The van der Waals surface area contributed by atoms with Gasteiger partial charge >= 0.3 is 0 Å². The monoisotopic (exact) mass is 245 g/mol. The van der Waals surface area contributed by atoms with Crippen LogP contribution in [0.2, 0.25) is 0 Å². The van der Waals surface area contributed by atoms with Crippen molar-refractivity contribution in [1.29, 1.82) is 0 Å². The van der Waals surface area contributed by atoms with Crippen molar-refractivity contribution >= 4 is 11.5 Å². The lowest BCUT2D eigenvalue weighted by atomic mass is 9.92. The normalized spacial score (nSPS) is 27.2. The van der Waals surface area contributed by atoms with E-state index in [-0.39, 0.29) is 5.92 Å². The Labute approximate surface area is 108 Å². The van der Waals surface area contributed by atoms with Gasteiger partial charge in [0.15, 0.2) is 0 Å². The number of ether oxygens (including phenoxy) is 1. The van der Waals surface area contributed by atoms with Crippen molar-refractivity contribution in [3.63, 3.8) is 0 Å². The highest BCUT2D eigenvalue weighted by atomic mass is 16.5. The highest BCUT2D eigenvalue weighted by molar-refractivity contribution is 5.84. The fraction of sp³-hybridized carbons (Fsp3) is 0.533. The number of piperidine rings is 1. The van der Waals surface area contributed by atoms with Gasteiger partial charge in [-0.1, -0.05) is 6.42 Å². The maximum Gasteiger partial charge on any atom is 0.139 e. The van der Waals surface area contributed by atoms with Crippen LogP contribution in [0.15, 0.2) is 24.3 Å². The van der Waals surface area contributed by atoms with Crippen LogP contribution in [-0.2, 0) is 4.79 Å². The van der Waals surface area contributed by atoms with E-state index >= 15 is 0 Å². The molecule has 0 amide bonds. The molecule has 0 aromatic heterocycles. The van der Waals surface area contributed by atoms with Gasteiger partial charge in [0.1, 0.15) is 11.5 Å². The Morgan fingerprint density at radius 1 is 1.22 bits per heavy atom. The second-order valence-corrected chi connectivity index (χ2v) is 5.30. The van der Waals surface area contributed by atoms with Crippen molar-refractivity contribution < 1.29 is 9.53 Å². The second kappa shape index (κ2) is 4.63. The zero-order valence-electron chi connectivity index (χ0n) is 10.8. The van der Waals surface area contributed by atoms with Gasteiger partial charge in [-0.25, -0.2) is 0 Å². The Bertz CT molecular complexity index is 440. The lowest BCUT2D eigenvalue weighted by molar-refractivity contribution is -0.123. The molecule has 0 radical (unpaired) electrons. The lowest BCUT2D eigenvalue weighted by Gasteiger charge is -2.37. The van der Waals surface area contributed by atoms with Gasteiger partial charge in [0.05, 0.1) is 7.11 Å². The molecule has 3 aliphatic rings. The van der Waals surface area contributed by atoms with Crippen LogP contribution in [0.3, 0.4) is 0 Å². The molecule has 4 rings (SSSR count). The molecule has 2 bridgehead atoms. The Kier molecular flexibility index (Phi) is 2.98. The predicted molar refractivity (Wildman–Crippen MR) is 71.1 cm³/mol. The topological polar surface area (TPSA) is 29.5 Å². The van der Waals surface area contributed by atoms with Crippen LogP contribution >= 0.6 is 0 Å². The molecule has 1 aromatic rings. The number of fused-ring (bicyclic) bond motifs is 4. The van der Waals surface area contributed by atoms with Crippen molar-refractivity contribution in [3.8, 4) is 5.75 Å². The number of carbonyl (C=O) groups excluding carboxylic acids is 1. The van der Waals surface area contributed by atoms with Gasteiger partial charge in [-0.2, -0.15) is 0 Å². The summed E-state index contributed by atoms with van der Waals surface area (Å²) in [5.41, 5.74) is 1.22. The summed E-state index contributed by atoms with van der Waals surface area (Å²) in [6, 6.07) is 8.60. The summed E-state index contributed by atoms with van der Waals surface area (Å²) in [5.74, 6) is 1.61. The molecule has 2 heterocycles. The van der Waals surface area contributed by atoms with Crippen LogP contribution in [0.25, 0.3) is 0 Å². The summed E-state index contributed by atoms with van der Waals surface area (Å²) in [5, 5.41) is 0. The van der Waals surface area contributed by atoms with E-state index in [1.54, 1.807) is 7.11 Å². The van der Waals surface area contributed by atoms with Gasteiger partial charge in [-0.15, -0.1) is 0 Å². The van der Waals surface area contributed by atoms with Crippen molar-refractivity contribution in [2.45, 2.75) is 31.7 Å². The fourth-order valence-electron chi connectivity index (χ4n) is 3.20. The minimum absolute atomic E-state index is 0.255. The first kappa shape index (κ1) is 11.6. The number of carbonyl (C=O) groups is 1. The van der Waals surface area contributed by atoms with Gasteiger partial charge in [-0.05, 0) is 37.1 Å². The third-order valence-electron chi connectivity index (χ3n) is 4.24. The summed E-state index contributed by atoms with van der Waals surface area (Å²) >= 11 is 0. The SMILES string of the molecule is COc1ccc(N2C[C@@H]3CCC[C@H]2CC3=O)cc1. The number of hydrogen-bond donors (Lipinski definition) is 0. The highest BCUT2D eigenvalue weighted by Gasteiger charge is 2.36. The molecule has 1 aliphatic carbocycles. The number of anilines is 1. The number of nitrogens with zero attached hydrogens (tertiary/aromatic N) is 1. The lowest BCUT2D eigenvalue weighted by Crippen LogP contribution is -2.45. The number of ketones is 1. The number of rotatable bonds is 2. The van der Waals surface area contributed by atoms with Crippen molar-refractivity contribution in [3.05, 3.63) is 24.3 Å². The zero-order chi connectivity index (χ0) is 12.5. The first-order chi connectivity index (χ1) is 8.78. The first-order valence-electron chi connectivity index (χ1n) is 6.71. The smallest absolute Gasteiger partial charge is 0.139 e. The standard InChI is InChI=1S/C15H19NO2/c1-18-14-7-5-12(6-8-14)16-10-11-3-2-4-13(16)9-15(11)17/h5-8,11,13H,2-4,9-10H2,1H3/t11-,13-/m0/s1. The summed E-state index contributed by atoms with van der Waals surface area (Å²) in [6.07, 6.45) is 4.14. The molecule has 3 heteroatoms. The molecule has 3 nitrogen and oxygen atoms in total. The highest BCUT2D eigenvalue weighted by Crippen LogP contribution is 2.34. The van der Waals surface area contributed by atoms with Gasteiger partial charge < -0.3 is 9.64 Å². The number of hydrogen-bond acceptors (Lipinski definition) is 3. The van der Waals surface area contributed by atoms with E-state index in [0.29, 0.717) is 11.8 Å². The van der Waals surface area contributed by atoms with Gasteiger partial charge in [0.2, 0.25) is 0 Å². The van der Waals surface area contributed by atoms with Gasteiger partial charge in [-0.3, -0.25) is 4.79 Å². The first-order valence-corrected chi connectivity index (χ1v) is 6.71. The van der Waals surface area contributed by atoms with Crippen LogP contribution in [0, 0.1) is 5.92 Å². The fourth-order valence-corrected chi connectivity index (χ4v) is 3.20. The Balaban J connectivity index is 1.85. The molecular weight excluding hydrogens is 226 g/mol. The zero-order valence-corrected chi connectivity index (χ0v) is 10.8. The maximum atomic E-state index is 11.9. The molecule has 0 N–H and O–H groups in total. The molecule has 0 unspecified atom stereocenters. The van der Waals surface area contributed by atoms with Gasteiger partial charge in [0.25, 0.3) is 0 Å². The average molecular weight is 245 g/mol. The Morgan fingerprint density at radius 2 is 2.00 bits per heavy atom. The molecule has 2 atom stereocenters. The van der Waals surface area contributed by atoms with E-state index in [2.05, 4.69) is 17.0 Å². The Morgan fingerprint density at radius 3 is 2.72 bits per heavy atom. The molecule has 18 heavy (non-hydrogen) atoms. The molecule has 3 fully saturated rings. The molecule has 96 valence electrons. The second-order valence-electron chi connectivity index (χ2n) is 5.30. The third kappa shape index (κ3) is 1.98. The molecular formula is C15H19NO2. The van der Waals surface area contributed by atoms with Crippen LogP contribution in [0.5, 0.6) is 5.75 Å². The molecule has 2 saturated heterocycles. The predicted octanol–water partition coefficient (Wildman–Crippen LogP) is 2.64. The summed E-state index contributed by atoms with van der Waals surface area (Å²) in [4.78, 5) is 14.3.